The standard InChI is InChI=1S/C22H30N4O2S2/c1-27-21-9-5-3-7-19(21)23-11-15-25(16-12-23)29-30-26-17-13-24(14-18-26)20-8-4-6-10-22(20)28-2/h3-10H,11-18H2,1-2H3. The second-order valence-corrected chi connectivity index (χ2v) is 9.55. The number of para-hydroxylation sites is 4. The molecule has 2 fully saturated rings. The molecule has 0 atom stereocenters. The van der Waals surface area contributed by atoms with Crippen LogP contribution in [0.25, 0.3) is 0 Å². The zero-order valence-electron chi connectivity index (χ0n) is 17.7. The Morgan fingerprint density at radius 2 is 0.933 bits per heavy atom. The molecule has 0 N–H and O–H groups in total. The van der Waals surface area contributed by atoms with Gasteiger partial charge in [0.1, 0.15) is 11.5 Å². The minimum absolute atomic E-state index is 0.959. The Morgan fingerprint density at radius 1 is 0.567 bits per heavy atom. The first-order chi connectivity index (χ1) is 14.8. The number of hydrogen-bond donors (Lipinski definition) is 0. The normalized spacial score (nSPS) is 18.5. The molecule has 162 valence electrons. The quantitative estimate of drug-likeness (QED) is 0.468. The summed E-state index contributed by atoms with van der Waals surface area (Å²) in [6, 6.07) is 16.6. The van der Waals surface area contributed by atoms with Crippen molar-refractivity contribution < 1.29 is 9.47 Å². The molecule has 2 aromatic carbocycles. The van der Waals surface area contributed by atoms with Crippen LogP contribution in [0.2, 0.25) is 0 Å². The van der Waals surface area contributed by atoms with Crippen LogP contribution >= 0.6 is 22.0 Å². The van der Waals surface area contributed by atoms with E-state index in [-0.39, 0.29) is 0 Å². The molecule has 2 heterocycles. The Kier molecular flexibility index (Phi) is 7.54. The van der Waals surface area contributed by atoms with Crippen LogP contribution in [0.1, 0.15) is 0 Å². The lowest BCUT2D eigenvalue weighted by molar-refractivity contribution is 0.401. The van der Waals surface area contributed by atoms with E-state index in [1.165, 1.54) is 11.4 Å². The summed E-state index contributed by atoms with van der Waals surface area (Å²) in [5.41, 5.74) is 2.40. The van der Waals surface area contributed by atoms with Crippen LogP contribution in [0.15, 0.2) is 48.5 Å². The molecule has 6 nitrogen and oxygen atoms in total. The molecule has 0 spiro atoms. The van der Waals surface area contributed by atoms with Gasteiger partial charge in [0.25, 0.3) is 0 Å². The molecule has 0 aromatic heterocycles. The summed E-state index contributed by atoms with van der Waals surface area (Å²) in [6.07, 6.45) is 0. The third kappa shape index (κ3) is 5.11. The molecule has 0 radical (unpaired) electrons. The molecule has 30 heavy (non-hydrogen) atoms. The first-order valence-electron chi connectivity index (χ1n) is 10.4. The van der Waals surface area contributed by atoms with Gasteiger partial charge in [-0.1, -0.05) is 24.3 Å². The van der Waals surface area contributed by atoms with Gasteiger partial charge in [-0.2, -0.15) is 0 Å². The van der Waals surface area contributed by atoms with Gasteiger partial charge in [0.15, 0.2) is 0 Å². The van der Waals surface area contributed by atoms with E-state index in [2.05, 4.69) is 42.7 Å². The van der Waals surface area contributed by atoms with Crippen molar-refractivity contribution in [3.05, 3.63) is 48.5 Å². The van der Waals surface area contributed by atoms with E-state index in [4.69, 9.17) is 9.47 Å². The van der Waals surface area contributed by atoms with Gasteiger partial charge >= 0.3 is 0 Å². The average molecular weight is 447 g/mol. The predicted molar refractivity (Wildman–Crippen MR) is 129 cm³/mol. The number of piperazine rings is 2. The molecule has 2 aliphatic rings. The topological polar surface area (TPSA) is 31.4 Å². The van der Waals surface area contributed by atoms with Crippen LogP contribution in [0.5, 0.6) is 11.5 Å². The molecular formula is C22H30N4O2S2. The fourth-order valence-electron chi connectivity index (χ4n) is 3.88. The van der Waals surface area contributed by atoms with Gasteiger partial charge < -0.3 is 19.3 Å². The van der Waals surface area contributed by atoms with Crippen LogP contribution in [-0.4, -0.2) is 75.2 Å². The molecule has 0 bridgehead atoms. The first kappa shape index (κ1) is 21.5. The Morgan fingerprint density at radius 3 is 1.30 bits per heavy atom. The zero-order chi connectivity index (χ0) is 20.8. The fraction of sp³-hybridized carbons (Fsp3) is 0.455. The van der Waals surface area contributed by atoms with Crippen molar-refractivity contribution in [2.24, 2.45) is 0 Å². The third-order valence-electron chi connectivity index (χ3n) is 5.57. The lowest BCUT2D eigenvalue weighted by Crippen LogP contribution is -2.45. The van der Waals surface area contributed by atoms with Crippen molar-refractivity contribution in [3.8, 4) is 11.5 Å². The molecule has 2 saturated heterocycles. The fourth-order valence-corrected chi connectivity index (χ4v) is 6.16. The summed E-state index contributed by atoms with van der Waals surface area (Å²) < 4.78 is 16.0. The maximum absolute atomic E-state index is 5.52. The Balaban J connectivity index is 1.21. The van der Waals surface area contributed by atoms with E-state index >= 15 is 0 Å². The van der Waals surface area contributed by atoms with Crippen molar-refractivity contribution in [2.45, 2.75) is 0 Å². The van der Waals surface area contributed by atoms with Gasteiger partial charge in [-0.15, -0.1) is 0 Å². The van der Waals surface area contributed by atoms with Crippen LogP contribution in [0.3, 0.4) is 0 Å². The van der Waals surface area contributed by atoms with E-state index in [0.717, 1.165) is 63.9 Å². The lowest BCUT2D eigenvalue weighted by atomic mass is 10.2. The number of nitrogens with zero attached hydrogens (tertiary/aromatic N) is 4. The van der Waals surface area contributed by atoms with Crippen molar-refractivity contribution in [1.82, 2.24) is 8.61 Å². The summed E-state index contributed by atoms with van der Waals surface area (Å²) in [5, 5.41) is 0. The highest BCUT2D eigenvalue weighted by Gasteiger charge is 2.23. The van der Waals surface area contributed by atoms with Crippen LogP contribution in [0, 0.1) is 0 Å². The van der Waals surface area contributed by atoms with E-state index in [1.54, 1.807) is 14.2 Å². The van der Waals surface area contributed by atoms with E-state index in [0.29, 0.717) is 0 Å². The first-order valence-corrected chi connectivity index (χ1v) is 12.5. The SMILES string of the molecule is COc1ccccc1N1CCN(SSN2CCN(c3ccccc3OC)CC2)CC1. The van der Waals surface area contributed by atoms with Gasteiger partial charge in [-0.3, -0.25) is 0 Å². The van der Waals surface area contributed by atoms with Crippen molar-refractivity contribution >= 4 is 33.3 Å². The van der Waals surface area contributed by atoms with Crippen molar-refractivity contribution in [1.29, 1.82) is 0 Å². The lowest BCUT2D eigenvalue weighted by Gasteiger charge is -2.38. The van der Waals surface area contributed by atoms with Crippen molar-refractivity contribution in [3.63, 3.8) is 0 Å². The number of anilines is 2. The Bertz CT molecular complexity index is 742. The smallest absolute Gasteiger partial charge is 0.142 e. The molecule has 0 saturated carbocycles. The number of hydrogen-bond acceptors (Lipinski definition) is 8. The average Bonchev–Trinajstić information content (AvgIpc) is 2.83. The number of methoxy groups -OCH3 is 2. The summed E-state index contributed by atoms with van der Waals surface area (Å²) in [4.78, 5) is 4.85. The Hall–Kier alpha value is -1.74. The zero-order valence-corrected chi connectivity index (χ0v) is 19.3. The molecule has 2 aliphatic heterocycles. The molecule has 0 amide bonds. The van der Waals surface area contributed by atoms with E-state index in [1.807, 2.05) is 46.2 Å². The van der Waals surface area contributed by atoms with Gasteiger partial charge in [-0.25, -0.2) is 8.61 Å². The highest BCUT2D eigenvalue weighted by Crippen LogP contribution is 2.35. The summed E-state index contributed by atoms with van der Waals surface area (Å²) in [5.74, 6) is 1.92. The van der Waals surface area contributed by atoms with Gasteiger partial charge in [0.2, 0.25) is 0 Å². The highest BCUT2D eigenvalue weighted by molar-refractivity contribution is 8.74. The second kappa shape index (κ2) is 10.5. The summed E-state index contributed by atoms with van der Waals surface area (Å²) >= 11 is 0. The number of rotatable bonds is 7. The third-order valence-corrected chi connectivity index (χ3v) is 8.26. The number of benzene rings is 2. The molecule has 8 heteroatoms. The van der Waals surface area contributed by atoms with Gasteiger partial charge in [-0.05, 0) is 24.3 Å². The molecular weight excluding hydrogens is 416 g/mol. The molecule has 2 aromatic rings. The molecule has 4 rings (SSSR count). The van der Waals surface area contributed by atoms with Crippen molar-refractivity contribution in [2.75, 3.05) is 76.4 Å². The second-order valence-electron chi connectivity index (χ2n) is 7.32. The van der Waals surface area contributed by atoms with Gasteiger partial charge in [0.05, 0.1) is 25.6 Å². The van der Waals surface area contributed by atoms with E-state index in [9.17, 15) is 0 Å². The molecule has 0 aliphatic carbocycles. The highest BCUT2D eigenvalue weighted by atomic mass is 33.1. The monoisotopic (exact) mass is 446 g/mol. The summed E-state index contributed by atoms with van der Waals surface area (Å²) in [6.45, 7) is 8.30. The minimum atomic E-state index is 0.959. The number of ether oxygens (including phenoxy) is 2. The maximum Gasteiger partial charge on any atom is 0.142 e. The summed E-state index contributed by atoms with van der Waals surface area (Å²) in [7, 11) is 7.27. The van der Waals surface area contributed by atoms with Crippen LogP contribution in [-0.2, 0) is 0 Å². The van der Waals surface area contributed by atoms with Crippen LogP contribution < -0.4 is 19.3 Å². The molecule has 0 unspecified atom stereocenters. The maximum atomic E-state index is 5.52. The van der Waals surface area contributed by atoms with Crippen LogP contribution in [0.4, 0.5) is 11.4 Å². The minimum Gasteiger partial charge on any atom is -0.495 e. The predicted octanol–water partition coefficient (Wildman–Crippen LogP) is 3.86. The largest absolute Gasteiger partial charge is 0.495 e. The Labute approximate surface area is 187 Å². The van der Waals surface area contributed by atoms with E-state index < -0.39 is 0 Å². The van der Waals surface area contributed by atoms with Gasteiger partial charge in [0, 0.05) is 74.3 Å².